The number of anilines is 1. The number of halogens is 1. The molecular weight excluding hydrogens is 393 g/mol. The van der Waals surface area contributed by atoms with Gasteiger partial charge < -0.3 is 20.6 Å². The van der Waals surface area contributed by atoms with E-state index in [-0.39, 0.29) is 18.6 Å². The lowest BCUT2D eigenvalue weighted by Gasteiger charge is -2.20. The molecule has 6 nitrogen and oxygen atoms in total. The van der Waals surface area contributed by atoms with E-state index >= 15 is 0 Å². The Morgan fingerprint density at radius 3 is 2.60 bits per heavy atom. The fourth-order valence-electron chi connectivity index (χ4n) is 2.34. The largest absolute Gasteiger partial charge is 0.396 e. The van der Waals surface area contributed by atoms with E-state index in [0.717, 1.165) is 9.26 Å². The summed E-state index contributed by atoms with van der Waals surface area (Å²) in [6.45, 7) is 1.77. The predicted molar refractivity (Wildman–Crippen MR) is 85.9 cm³/mol. The summed E-state index contributed by atoms with van der Waals surface area (Å²) < 4.78 is 0.898. The van der Waals surface area contributed by atoms with Gasteiger partial charge in [0.25, 0.3) is 0 Å². The second-order valence-electron chi connectivity index (χ2n) is 4.87. The molecule has 1 fully saturated rings. The lowest BCUT2D eigenvalue weighted by molar-refractivity contribution is 0.00444. The molecule has 20 heavy (non-hydrogen) atoms. The minimum Gasteiger partial charge on any atom is -0.396 e. The molecular formula is C12H18IN3O3S. The molecule has 4 atom stereocenters. The van der Waals surface area contributed by atoms with Crippen LogP contribution in [0.3, 0.4) is 0 Å². The van der Waals surface area contributed by atoms with Crippen molar-refractivity contribution in [1.29, 1.82) is 0 Å². The van der Waals surface area contributed by atoms with Gasteiger partial charge in [0.05, 0.1) is 21.4 Å². The summed E-state index contributed by atoms with van der Waals surface area (Å²) in [5.41, 5.74) is 0.874. The van der Waals surface area contributed by atoms with E-state index < -0.39 is 12.2 Å². The maximum atomic E-state index is 10.0. The van der Waals surface area contributed by atoms with E-state index in [2.05, 4.69) is 37.9 Å². The van der Waals surface area contributed by atoms with Crippen LogP contribution in [-0.4, -0.2) is 56.4 Å². The first kappa shape index (κ1) is 16.2. The number of aliphatic hydroxyl groups excluding tert-OH is 3. The SMILES string of the molecule is CSc1nc(C)c(I)c(NC2CC(CO)[C@@H](O)[C@H]2O)n1. The summed E-state index contributed by atoms with van der Waals surface area (Å²) in [5.74, 6) is 0.361. The van der Waals surface area contributed by atoms with Crippen LogP contribution in [0.4, 0.5) is 5.82 Å². The summed E-state index contributed by atoms with van der Waals surface area (Å²) in [4.78, 5) is 8.75. The molecule has 0 saturated heterocycles. The second-order valence-corrected chi connectivity index (χ2v) is 6.72. The van der Waals surface area contributed by atoms with Gasteiger partial charge in [-0.15, -0.1) is 0 Å². The first-order valence-electron chi connectivity index (χ1n) is 6.29. The van der Waals surface area contributed by atoms with Crippen molar-refractivity contribution >= 4 is 40.2 Å². The molecule has 1 aliphatic rings. The standard InChI is InChI=1S/C12H18IN3O3S/c1-5-8(13)11(16-12(14-5)20-2)15-7-3-6(4-17)9(18)10(7)19/h6-7,9-10,17-19H,3-4H2,1-2H3,(H,14,15,16)/t6?,7?,9-,10+/m1/s1. The molecule has 1 aliphatic carbocycles. The zero-order valence-electron chi connectivity index (χ0n) is 11.2. The predicted octanol–water partition coefficient (Wildman–Crippen LogP) is 0.626. The first-order valence-corrected chi connectivity index (χ1v) is 8.60. The highest BCUT2D eigenvalue weighted by Gasteiger charge is 2.41. The highest BCUT2D eigenvalue weighted by molar-refractivity contribution is 14.1. The van der Waals surface area contributed by atoms with Crippen molar-refractivity contribution in [1.82, 2.24) is 9.97 Å². The fourth-order valence-corrected chi connectivity index (χ4v) is 3.15. The molecule has 4 N–H and O–H groups in total. The maximum absolute atomic E-state index is 10.0. The van der Waals surface area contributed by atoms with Gasteiger partial charge in [-0.2, -0.15) is 0 Å². The third-order valence-electron chi connectivity index (χ3n) is 3.54. The zero-order valence-corrected chi connectivity index (χ0v) is 14.2. The summed E-state index contributed by atoms with van der Waals surface area (Å²) in [6.07, 6.45) is 0.600. The van der Waals surface area contributed by atoms with Gasteiger partial charge >= 0.3 is 0 Å². The number of aromatic nitrogens is 2. The Labute approximate surface area is 135 Å². The van der Waals surface area contributed by atoms with Gasteiger partial charge in [0.1, 0.15) is 11.9 Å². The summed E-state index contributed by atoms with van der Waals surface area (Å²) >= 11 is 3.61. The van der Waals surface area contributed by atoms with E-state index in [9.17, 15) is 15.3 Å². The van der Waals surface area contributed by atoms with E-state index in [0.29, 0.717) is 17.4 Å². The molecule has 112 valence electrons. The third-order valence-corrected chi connectivity index (χ3v) is 5.38. The molecule has 8 heteroatoms. The number of aryl methyl sites for hydroxylation is 1. The van der Waals surface area contributed by atoms with Crippen LogP contribution in [0.25, 0.3) is 0 Å². The lowest BCUT2D eigenvalue weighted by atomic mass is 10.1. The molecule has 1 aromatic heterocycles. The molecule has 0 radical (unpaired) electrons. The molecule has 0 amide bonds. The molecule has 2 unspecified atom stereocenters. The quantitative estimate of drug-likeness (QED) is 0.328. The molecule has 0 aliphatic heterocycles. The van der Waals surface area contributed by atoms with Crippen LogP contribution >= 0.6 is 34.4 Å². The maximum Gasteiger partial charge on any atom is 0.189 e. The van der Waals surface area contributed by atoms with E-state index in [4.69, 9.17) is 0 Å². The number of nitrogens with zero attached hydrogens (tertiary/aromatic N) is 2. The van der Waals surface area contributed by atoms with Crippen LogP contribution in [0.15, 0.2) is 5.16 Å². The third kappa shape index (κ3) is 3.19. The number of thioether (sulfide) groups is 1. The van der Waals surface area contributed by atoms with Crippen molar-refractivity contribution in [3.63, 3.8) is 0 Å². The number of hydrogen-bond acceptors (Lipinski definition) is 7. The minimum absolute atomic E-state index is 0.133. The summed E-state index contributed by atoms with van der Waals surface area (Å²) in [6, 6.07) is -0.320. The number of rotatable bonds is 4. The lowest BCUT2D eigenvalue weighted by Crippen LogP contribution is -2.35. The van der Waals surface area contributed by atoms with Crippen molar-refractivity contribution in [3.05, 3.63) is 9.26 Å². The van der Waals surface area contributed by atoms with E-state index in [1.165, 1.54) is 11.8 Å². The minimum atomic E-state index is -0.907. The van der Waals surface area contributed by atoms with Crippen LogP contribution < -0.4 is 5.32 Å². The Bertz CT molecular complexity index is 491. The molecule has 0 aromatic carbocycles. The zero-order chi connectivity index (χ0) is 14.9. The van der Waals surface area contributed by atoms with Crippen LogP contribution in [-0.2, 0) is 0 Å². The molecule has 1 heterocycles. The average Bonchev–Trinajstić information content (AvgIpc) is 2.71. The van der Waals surface area contributed by atoms with Crippen molar-refractivity contribution in [2.45, 2.75) is 36.8 Å². The first-order chi connectivity index (χ1) is 9.47. The second kappa shape index (κ2) is 6.73. The summed E-state index contributed by atoms with van der Waals surface area (Å²) in [5, 5.41) is 32.9. The van der Waals surface area contributed by atoms with Crippen LogP contribution in [0.2, 0.25) is 0 Å². The monoisotopic (exact) mass is 411 g/mol. The van der Waals surface area contributed by atoms with Crippen molar-refractivity contribution in [3.8, 4) is 0 Å². The van der Waals surface area contributed by atoms with E-state index in [1.54, 1.807) is 0 Å². The molecule has 1 saturated carbocycles. The van der Waals surface area contributed by atoms with Crippen LogP contribution in [0, 0.1) is 16.4 Å². The van der Waals surface area contributed by atoms with Crippen LogP contribution in [0.1, 0.15) is 12.1 Å². The highest BCUT2D eigenvalue weighted by atomic mass is 127. The molecule has 1 aromatic rings. The van der Waals surface area contributed by atoms with Gasteiger partial charge in [-0.3, -0.25) is 0 Å². The summed E-state index contributed by atoms with van der Waals surface area (Å²) in [7, 11) is 0. The Hall–Kier alpha value is -0.160. The van der Waals surface area contributed by atoms with Gasteiger partial charge in [-0.1, -0.05) is 11.8 Å². The topological polar surface area (TPSA) is 98.5 Å². The fraction of sp³-hybridized carbons (Fsp3) is 0.667. The van der Waals surface area contributed by atoms with Gasteiger partial charge in [-0.25, -0.2) is 9.97 Å². The van der Waals surface area contributed by atoms with Crippen molar-refractivity contribution in [2.75, 3.05) is 18.2 Å². The van der Waals surface area contributed by atoms with Gasteiger partial charge in [0.2, 0.25) is 0 Å². The van der Waals surface area contributed by atoms with Gasteiger partial charge in [-0.05, 0) is 42.2 Å². The Morgan fingerprint density at radius 2 is 2.05 bits per heavy atom. The Kier molecular flexibility index (Phi) is 5.46. The smallest absolute Gasteiger partial charge is 0.189 e. The number of nitrogens with one attached hydrogen (secondary N) is 1. The van der Waals surface area contributed by atoms with Crippen molar-refractivity contribution < 1.29 is 15.3 Å². The van der Waals surface area contributed by atoms with Crippen LogP contribution in [0.5, 0.6) is 0 Å². The van der Waals surface area contributed by atoms with Gasteiger partial charge in [0.15, 0.2) is 5.16 Å². The molecule has 2 rings (SSSR count). The van der Waals surface area contributed by atoms with Crippen molar-refractivity contribution in [2.24, 2.45) is 5.92 Å². The molecule has 0 spiro atoms. The Balaban J connectivity index is 2.20. The number of hydrogen-bond donors (Lipinski definition) is 4. The van der Waals surface area contributed by atoms with E-state index in [1.807, 2.05) is 13.2 Å². The number of aliphatic hydroxyl groups is 3. The molecule has 0 bridgehead atoms. The highest BCUT2D eigenvalue weighted by Crippen LogP contribution is 2.30. The van der Waals surface area contributed by atoms with Gasteiger partial charge in [0, 0.05) is 12.5 Å². The normalized spacial score (nSPS) is 29.7. The Morgan fingerprint density at radius 1 is 1.35 bits per heavy atom. The average molecular weight is 411 g/mol.